The highest BCUT2D eigenvalue weighted by Gasteiger charge is 2.02. The van der Waals surface area contributed by atoms with Crippen molar-refractivity contribution < 1.29 is 0 Å². The smallest absolute Gasteiger partial charge is 0.234 e. The molecule has 0 amide bonds. The maximum absolute atomic E-state index is 3.97. The van der Waals surface area contributed by atoms with Gasteiger partial charge in [-0.25, -0.2) is 15.3 Å². The fourth-order valence-corrected chi connectivity index (χ4v) is 0.744. The number of hydrogen-bond acceptors (Lipinski definition) is 2. The van der Waals surface area contributed by atoms with Crippen molar-refractivity contribution in [1.82, 2.24) is 14.9 Å². The van der Waals surface area contributed by atoms with Crippen LogP contribution in [0.4, 0.5) is 0 Å². The standard InChI is InChI=1S/C6H5N4/c1-2-9-6(8-1)10-4-3-7-5-10/h1-5H. The predicted molar refractivity (Wildman–Crippen MR) is 36.3 cm³/mol. The van der Waals surface area contributed by atoms with Crippen LogP contribution in [0.15, 0.2) is 36.1 Å². The summed E-state index contributed by atoms with van der Waals surface area (Å²) in [5.41, 5.74) is 0. The van der Waals surface area contributed by atoms with E-state index in [1.165, 1.54) is 0 Å². The Morgan fingerprint density at radius 1 is 1.30 bits per heavy atom. The Morgan fingerprint density at radius 3 is 2.90 bits per heavy atom. The molecule has 1 aliphatic heterocycles. The maximum Gasteiger partial charge on any atom is 0.234 e. The largest absolute Gasteiger partial charge is 0.274 e. The maximum atomic E-state index is 3.97. The van der Waals surface area contributed by atoms with E-state index in [9.17, 15) is 0 Å². The summed E-state index contributed by atoms with van der Waals surface area (Å²) in [6.45, 7) is 0. The average molecular weight is 133 g/mol. The highest BCUT2D eigenvalue weighted by molar-refractivity contribution is 5.84. The van der Waals surface area contributed by atoms with Gasteiger partial charge in [-0.1, -0.05) is 0 Å². The van der Waals surface area contributed by atoms with Gasteiger partial charge in [-0.2, -0.15) is 0 Å². The van der Waals surface area contributed by atoms with Crippen molar-refractivity contribution in [2.75, 3.05) is 0 Å². The molecule has 0 saturated heterocycles. The Labute approximate surface area is 57.9 Å². The summed E-state index contributed by atoms with van der Waals surface area (Å²) >= 11 is 0. The average Bonchev–Trinajstić information content (AvgIpc) is 2.59. The van der Waals surface area contributed by atoms with Crippen LogP contribution in [0.25, 0.3) is 0 Å². The number of nitrogens with zero attached hydrogens (tertiary/aromatic N) is 4. The lowest BCUT2D eigenvalue weighted by Gasteiger charge is -1.95. The van der Waals surface area contributed by atoms with Crippen molar-refractivity contribution in [2.45, 2.75) is 0 Å². The number of hydrogen-bond donors (Lipinski definition) is 0. The summed E-state index contributed by atoms with van der Waals surface area (Å²) in [5, 5.41) is 3.97. The van der Waals surface area contributed by atoms with Gasteiger partial charge in [-0.05, 0) is 0 Å². The zero-order chi connectivity index (χ0) is 6.81. The first kappa shape index (κ1) is 5.22. The van der Waals surface area contributed by atoms with Crippen LogP contribution in [-0.2, 0) is 0 Å². The monoisotopic (exact) mass is 133 g/mol. The Balaban J connectivity index is 2.30. The van der Waals surface area contributed by atoms with Gasteiger partial charge < -0.3 is 0 Å². The number of imidazole rings is 1. The molecule has 0 aliphatic carbocycles. The van der Waals surface area contributed by atoms with E-state index in [4.69, 9.17) is 0 Å². The summed E-state index contributed by atoms with van der Waals surface area (Å²) in [7, 11) is 0. The Kier molecular flexibility index (Phi) is 1.04. The zero-order valence-corrected chi connectivity index (χ0v) is 5.18. The van der Waals surface area contributed by atoms with E-state index in [0.29, 0.717) is 5.96 Å². The minimum absolute atomic E-state index is 0.664. The summed E-state index contributed by atoms with van der Waals surface area (Å²) in [5.74, 6) is 0.664. The van der Waals surface area contributed by atoms with E-state index < -0.39 is 0 Å². The minimum atomic E-state index is 0.664. The molecule has 1 aromatic heterocycles. The molecule has 0 bridgehead atoms. The Morgan fingerprint density at radius 2 is 2.30 bits per heavy atom. The van der Waals surface area contributed by atoms with Gasteiger partial charge >= 0.3 is 0 Å². The molecule has 2 heterocycles. The van der Waals surface area contributed by atoms with E-state index in [2.05, 4.69) is 15.3 Å². The quantitative estimate of drug-likeness (QED) is 0.497. The molecule has 0 N–H and O–H groups in total. The van der Waals surface area contributed by atoms with Crippen molar-refractivity contribution in [1.29, 1.82) is 0 Å². The summed E-state index contributed by atoms with van der Waals surface area (Å²) in [6.07, 6.45) is 8.45. The van der Waals surface area contributed by atoms with Crippen LogP contribution in [0.3, 0.4) is 0 Å². The SMILES string of the molecule is C1=CN=C(n2ccnc2)[N]1. The van der Waals surface area contributed by atoms with E-state index in [0.717, 1.165) is 0 Å². The molecule has 0 fully saturated rings. The van der Waals surface area contributed by atoms with Crippen LogP contribution >= 0.6 is 0 Å². The lowest BCUT2D eigenvalue weighted by molar-refractivity contribution is 1.05. The van der Waals surface area contributed by atoms with Gasteiger partial charge in [0.25, 0.3) is 0 Å². The molecule has 0 saturated carbocycles. The second-order valence-electron chi connectivity index (χ2n) is 1.83. The summed E-state index contributed by atoms with van der Waals surface area (Å²) in [6, 6.07) is 0. The Hall–Kier alpha value is -1.58. The van der Waals surface area contributed by atoms with Gasteiger partial charge in [0, 0.05) is 24.8 Å². The van der Waals surface area contributed by atoms with Crippen molar-refractivity contribution in [3.8, 4) is 0 Å². The molecule has 49 valence electrons. The van der Waals surface area contributed by atoms with Crippen LogP contribution in [0, 0.1) is 0 Å². The van der Waals surface area contributed by atoms with Crippen LogP contribution in [0.2, 0.25) is 0 Å². The molecule has 2 rings (SSSR count). The number of rotatable bonds is 0. The van der Waals surface area contributed by atoms with E-state index in [-0.39, 0.29) is 0 Å². The van der Waals surface area contributed by atoms with Crippen molar-refractivity contribution in [3.05, 3.63) is 31.1 Å². The highest BCUT2D eigenvalue weighted by Crippen LogP contribution is 1.93. The number of aliphatic imine (C=N–C) groups is 1. The van der Waals surface area contributed by atoms with Gasteiger partial charge in [0.05, 0.1) is 0 Å². The first-order chi connectivity index (χ1) is 4.97. The van der Waals surface area contributed by atoms with Crippen LogP contribution < -0.4 is 5.32 Å². The minimum Gasteiger partial charge on any atom is -0.274 e. The lowest BCUT2D eigenvalue weighted by atomic mass is 10.8. The molecule has 1 radical (unpaired) electrons. The predicted octanol–water partition coefficient (Wildman–Crippen LogP) is 0.176. The van der Waals surface area contributed by atoms with E-state index in [1.54, 1.807) is 35.7 Å². The summed E-state index contributed by atoms with van der Waals surface area (Å²) in [4.78, 5) is 7.83. The van der Waals surface area contributed by atoms with Gasteiger partial charge in [-0.3, -0.25) is 4.57 Å². The molecular weight excluding hydrogens is 128 g/mol. The fraction of sp³-hybridized carbons (Fsp3) is 0. The topological polar surface area (TPSA) is 44.3 Å². The molecule has 1 aromatic rings. The first-order valence-corrected chi connectivity index (χ1v) is 2.89. The second-order valence-corrected chi connectivity index (χ2v) is 1.83. The van der Waals surface area contributed by atoms with Gasteiger partial charge in [0.1, 0.15) is 6.33 Å². The lowest BCUT2D eigenvalue weighted by Crippen LogP contribution is -2.15. The van der Waals surface area contributed by atoms with Crippen LogP contribution in [0.5, 0.6) is 0 Å². The van der Waals surface area contributed by atoms with Crippen molar-refractivity contribution in [3.63, 3.8) is 0 Å². The molecule has 0 atom stereocenters. The van der Waals surface area contributed by atoms with Crippen LogP contribution in [-0.4, -0.2) is 15.5 Å². The molecule has 0 unspecified atom stereocenters. The molecule has 1 aliphatic rings. The number of aromatic nitrogens is 2. The third kappa shape index (κ3) is 0.699. The highest BCUT2D eigenvalue weighted by atomic mass is 15.2. The molecule has 4 heteroatoms. The zero-order valence-electron chi connectivity index (χ0n) is 5.18. The molecule has 4 nitrogen and oxygen atoms in total. The van der Waals surface area contributed by atoms with Gasteiger partial charge in [0.2, 0.25) is 5.96 Å². The molecule has 0 aromatic carbocycles. The molecule has 0 spiro atoms. The second kappa shape index (κ2) is 1.98. The van der Waals surface area contributed by atoms with Crippen LogP contribution in [0.1, 0.15) is 0 Å². The Bertz CT molecular complexity index is 270. The van der Waals surface area contributed by atoms with Gasteiger partial charge in [0.15, 0.2) is 0 Å². The molecular formula is C6H5N4. The third-order valence-corrected chi connectivity index (χ3v) is 1.18. The van der Waals surface area contributed by atoms with E-state index in [1.807, 2.05) is 0 Å². The fourth-order valence-electron chi connectivity index (χ4n) is 0.744. The summed E-state index contributed by atoms with van der Waals surface area (Å²) < 4.78 is 1.75. The first-order valence-electron chi connectivity index (χ1n) is 2.89. The van der Waals surface area contributed by atoms with Crippen molar-refractivity contribution >= 4 is 5.96 Å². The third-order valence-electron chi connectivity index (χ3n) is 1.18. The van der Waals surface area contributed by atoms with Gasteiger partial charge in [-0.15, -0.1) is 0 Å². The normalized spacial score (nSPS) is 15.0. The van der Waals surface area contributed by atoms with Crippen molar-refractivity contribution in [2.24, 2.45) is 4.99 Å². The van der Waals surface area contributed by atoms with E-state index >= 15 is 0 Å². The molecule has 10 heavy (non-hydrogen) atoms.